The highest BCUT2D eigenvalue weighted by atomic mass is 14.3. The SMILES string of the molecule is CC(C)(C)c1ccc2c(-c3cccc(-c4cccc(-c5c6ccc(C(C)(C)C)cc6c(-c6ccccc6)c6ccc(C(C)(C)C)cc56)c4)c3)c3cc(C(C)(C)C)ccc3c(-c3ccccc3)c2c1. The average Bonchev–Trinajstić information content (AvgIpc) is 3.31. The molecule has 0 aliphatic carbocycles. The van der Waals surface area contributed by atoms with Crippen LogP contribution in [0.25, 0.3) is 98.7 Å². The molecule has 0 N–H and O–H groups in total. The second kappa shape index (κ2) is 16.5. The maximum absolute atomic E-state index is 2.48. The lowest BCUT2D eigenvalue weighted by Gasteiger charge is -2.25. The van der Waals surface area contributed by atoms with Crippen molar-refractivity contribution >= 4 is 43.1 Å². The third-order valence-electron chi connectivity index (χ3n) is 14.5. The maximum atomic E-state index is 2.48. The van der Waals surface area contributed by atoms with E-state index in [0.717, 1.165) is 0 Å². The smallest absolute Gasteiger partial charge is 0.00260 e. The summed E-state index contributed by atoms with van der Waals surface area (Å²) < 4.78 is 0. The van der Waals surface area contributed by atoms with Gasteiger partial charge in [-0.2, -0.15) is 0 Å². The molecule has 10 aromatic rings. The first kappa shape index (κ1) is 45.0. The lowest BCUT2D eigenvalue weighted by molar-refractivity contribution is 0.590. The first-order valence-corrected chi connectivity index (χ1v) is 24.7. The molecule has 338 valence electrons. The van der Waals surface area contributed by atoms with E-state index < -0.39 is 0 Å². The van der Waals surface area contributed by atoms with E-state index in [0.29, 0.717) is 0 Å². The summed E-state index contributed by atoms with van der Waals surface area (Å²) in [5, 5.41) is 10.3. The first-order chi connectivity index (χ1) is 32.3. The standard InChI is InChI=1S/C68H66/c1-65(2,3)49-31-35-55-57(39-49)61(43-21-15-13-16-22-43)53-33-29-51(67(7,8)9)41-59(53)63(55)47-27-19-25-45(37-47)46-26-20-28-48(38-46)64-56-36-32-50(66(4,5)6)40-58(56)62(44-23-17-14-18-24-44)54-34-30-52(42-60(54)64)68(10,11)12/h13-42H,1-12H3. The Bertz CT molecular complexity index is 3310. The van der Waals surface area contributed by atoms with Crippen LogP contribution in [0.15, 0.2) is 182 Å². The summed E-state index contributed by atoms with van der Waals surface area (Å²) in [4.78, 5) is 0. The molecule has 10 rings (SSSR count). The Labute approximate surface area is 405 Å². The van der Waals surface area contributed by atoms with Crippen LogP contribution in [0.4, 0.5) is 0 Å². The van der Waals surface area contributed by atoms with E-state index in [1.807, 2.05) is 0 Å². The zero-order valence-electron chi connectivity index (χ0n) is 42.3. The van der Waals surface area contributed by atoms with E-state index >= 15 is 0 Å². The van der Waals surface area contributed by atoms with Crippen LogP contribution in [0, 0.1) is 0 Å². The molecule has 0 aliphatic heterocycles. The van der Waals surface area contributed by atoms with Gasteiger partial charge in [-0.15, -0.1) is 0 Å². The second-order valence-electron chi connectivity index (χ2n) is 23.4. The van der Waals surface area contributed by atoms with Gasteiger partial charge in [0.15, 0.2) is 0 Å². The fourth-order valence-electron chi connectivity index (χ4n) is 10.5. The van der Waals surface area contributed by atoms with Gasteiger partial charge < -0.3 is 0 Å². The highest BCUT2D eigenvalue weighted by Crippen LogP contribution is 2.49. The second-order valence-corrected chi connectivity index (χ2v) is 23.4. The molecule has 0 atom stereocenters. The first-order valence-electron chi connectivity index (χ1n) is 24.7. The number of benzene rings is 10. The molecule has 10 aromatic carbocycles. The monoisotopic (exact) mass is 883 g/mol. The van der Waals surface area contributed by atoms with Gasteiger partial charge in [-0.25, -0.2) is 0 Å². The molecule has 0 nitrogen and oxygen atoms in total. The van der Waals surface area contributed by atoms with Gasteiger partial charge in [-0.1, -0.05) is 229 Å². The zero-order chi connectivity index (χ0) is 47.9. The van der Waals surface area contributed by atoms with Crippen LogP contribution < -0.4 is 0 Å². The normalized spacial score (nSPS) is 12.7. The van der Waals surface area contributed by atoms with Crippen LogP contribution in [-0.2, 0) is 21.7 Å². The van der Waals surface area contributed by atoms with Gasteiger partial charge in [0.2, 0.25) is 0 Å². The molecule has 0 heterocycles. The van der Waals surface area contributed by atoms with Crippen molar-refractivity contribution in [1.82, 2.24) is 0 Å². The molecule has 0 aliphatic rings. The van der Waals surface area contributed by atoms with E-state index in [9.17, 15) is 0 Å². The summed E-state index contributed by atoms with van der Waals surface area (Å²) in [7, 11) is 0. The molecule has 0 saturated heterocycles. The van der Waals surface area contributed by atoms with Crippen molar-refractivity contribution < 1.29 is 0 Å². The summed E-state index contributed by atoms with van der Waals surface area (Å²) in [6.07, 6.45) is 0. The Morgan fingerprint density at radius 1 is 0.191 bits per heavy atom. The van der Waals surface area contributed by atoms with Crippen LogP contribution in [-0.4, -0.2) is 0 Å². The lowest BCUT2D eigenvalue weighted by Crippen LogP contribution is -2.11. The van der Waals surface area contributed by atoms with Gasteiger partial charge >= 0.3 is 0 Å². The van der Waals surface area contributed by atoms with Crippen LogP contribution in [0.2, 0.25) is 0 Å². The minimum Gasteiger partial charge on any atom is -0.0622 e. The maximum Gasteiger partial charge on any atom is -0.00260 e. The fraction of sp³-hybridized carbons (Fsp3) is 0.235. The van der Waals surface area contributed by atoms with Gasteiger partial charge in [-0.05, 0) is 179 Å². The van der Waals surface area contributed by atoms with Crippen molar-refractivity contribution in [1.29, 1.82) is 0 Å². The molecule has 0 amide bonds. The number of fused-ring (bicyclic) bond motifs is 4. The molecule has 0 spiro atoms. The lowest BCUT2D eigenvalue weighted by atomic mass is 9.79. The fourth-order valence-corrected chi connectivity index (χ4v) is 10.5. The molecule has 0 saturated carbocycles. The van der Waals surface area contributed by atoms with Gasteiger partial charge in [0.05, 0.1) is 0 Å². The molecule has 0 heteroatoms. The molecule has 0 radical (unpaired) electrons. The van der Waals surface area contributed by atoms with Crippen molar-refractivity contribution in [2.24, 2.45) is 0 Å². The molecule has 0 unspecified atom stereocenters. The van der Waals surface area contributed by atoms with Crippen molar-refractivity contribution in [3.05, 3.63) is 204 Å². The molecule has 0 fully saturated rings. The van der Waals surface area contributed by atoms with Gasteiger partial charge in [0.25, 0.3) is 0 Å². The predicted octanol–water partition coefficient (Wildman–Crippen LogP) is 19.8. The summed E-state index contributed by atoms with van der Waals surface area (Å²) >= 11 is 0. The minimum atomic E-state index is -0.0126. The number of hydrogen-bond acceptors (Lipinski definition) is 0. The van der Waals surface area contributed by atoms with E-state index in [2.05, 4.69) is 265 Å². The Morgan fingerprint density at radius 2 is 0.426 bits per heavy atom. The third-order valence-corrected chi connectivity index (χ3v) is 14.5. The summed E-state index contributed by atoms with van der Waals surface area (Å²) in [5.41, 5.74) is 17.9. The largest absolute Gasteiger partial charge is 0.0622 e. The van der Waals surface area contributed by atoms with Crippen molar-refractivity contribution in [2.45, 2.75) is 105 Å². The topological polar surface area (TPSA) is 0 Å². The highest BCUT2D eigenvalue weighted by Gasteiger charge is 2.25. The average molecular weight is 883 g/mol. The molecular formula is C68H66. The van der Waals surface area contributed by atoms with Gasteiger partial charge in [-0.3, -0.25) is 0 Å². The van der Waals surface area contributed by atoms with Crippen molar-refractivity contribution in [2.75, 3.05) is 0 Å². The van der Waals surface area contributed by atoms with Gasteiger partial charge in [0, 0.05) is 0 Å². The predicted molar refractivity (Wildman–Crippen MR) is 298 cm³/mol. The van der Waals surface area contributed by atoms with E-state index in [4.69, 9.17) is 0 Å². The van der Waals surface area contributed by atoms with Gasteiger partial charge in [0.1, 0.15) is 0 Å². The number of hydrogen-bond donors (Lipinski definition) is 0. The minimum absolute atomic E-state index is 0.00000469. The summed E-state index contributed by atoms with van der Waals surface area (Å²) in [6, 6.07) is 69.6. The van der Waals surface area contributed by atoms with E-state index in [1.165, 1.54) is 121 Å². The Kier molecular flexibility index (Phi) is 10.9. The van der Waals surface area contributed by atoms with Crippen molar-refractivity contribution in [3.63, 3.8) is 0 Å². The van der Waals surface area contributed by atoms with Crippen molar-refractivity contribution in [3.8, 4) is 55.6 Å². The van der Waals surface area contributed by atoms with E-state index in [-0.39, 0.29) is 21.7 Å². The molecular weight excluding hydrogens is 817 g/mol. The van der Waals surface area contributed by atoms with Crippen LogP contribution in [0.5, 0.6) is 0 Å². The third kappa shape index (κ3) is 8.13. The molecule has 68 heavy (non-hydrogen) atoms. The quantitative estimate of drug-likeness (QED) is 0.151. The Balaban J connectivity index is 1.24. The highest BCUT2D eigenvalue weighted by molar-refractivity contribution is 6.23. The summed E-state index contributed by atoms with van der Waals surface area (Å²) in [6.45, 7) is 27.9. The Hall–Kier alpha value is -6.76. The Morgan fingerprint density at radius 3 is 0.691 bits per heavy atom. The van der Waals surface area contributed by atoms with Crippen LogP contribution in [0.1, 0.15) is 105 Å². The molecule has 0 aromatic heterocycles. The zero-order valence-corrected chi connectivity index (χ0v) is 42.3. The van der Waals surface area contributed by atoms with Crippen LogP contribution in [0.3, 0.4) is 0 Å². The molecule has 0 bridgehead atoms. The summed E-state index contributed by atoms with van der Waals surface area (Å²) in [5.74, 6) is 0. The van der Waals surface area contributed by atoms with E-state index in [1.54, 1.807) is 0 Å². The van der Waals surface area contributed by atoms with Crippen LogP contribution >= 0.6 is 0 Å². The number of rotatable bonds is 5.